The van der Waals surface area contributed by atoms with Crippen LogP contribution < -0.4 is 16.6 Å². The van der Waals surface area contributed by atoms with E-state index in [9.17, 15) is 18.3 Å². The quantitative estimate of drug-likeness (QED) is 0.501. The van der Waals surface area contributed by atoms with Gasteiger partial charge < -0.3 is 10.4 Å². The van der Waals surface area contributed by atoms with Gasteiger partial charge >= 0.3 is 6.18 Å². The van der Waals surface area contributed by atoms with Gasteiger partial charge in [-0.1, -0.05) is 19.3 Å². The van der Waals surface area contributed by atoms with Crippen molar-refractivity contribution < 1.29 is 18.3 Å². The Hall–Kier alpha value is -1.61. The number of hydrazine groups is 1. The number of hydrogen-bond donors (Lipinski definition) is 4. The first kappa shape index (κ1) is 15.8. The Morgan fingerprint density at radius 2 is 1.90 bits per heavy atom. The molecule has 0 bridgehead atoms. The van der Waals surface area contributed by atoms with Gasteiger partial charge in [-0.2, -0.15) is 18.2 Å². The van der Waals surface area contributed by atoms with Gasteiger partial charge in [0.05, 0.1) is 12.1 Å². The summed E-state index contributed by atoms with van der Waals surface area (Å²) in [6.07, 6.45) is -0.361. The number of aliphatic hydroxyl groups excluding tert-OH is 1. The fourth-order valence-electron chi connectivity index (χ4n) is 2.54. The van der Waals surface area contributed by atoms with Crippen LogP contribution in [-0.2, 0) is 6.18 Å². The van der Waals surface area contributed by atoms with Crippen LogP contribution in [0.2, 0.25) is 0 Å². The first-order valence-corrected chi connectivity index (χ1v) is 6.70. The van der Waals surface area contributed by atoms with Gasteiger partial charge in [0, 0.05) is 6.07 Å². The monoisotopic (exact) mass is 305 g/mol. The zero-order valence-corrected chi connectivity index (χ0v) is 11.4. The van der Waals surface area contributed by atoms with E-state index in [1.54, 1.807) is 0 Å². The Morgan fingerprint density at radius 1 is 1.24 bits per heavy atom. The molecule has 0 aromatic carbocycles. The van der Waals surface area contributed by atoms with Gasteiger partial charge in [0.2, 0.25) is 5.95 Å². The predicted molar refractivity (Wildman–Crippen MR) is 71.4 cm³/mol. The van der Waals surface area contributed by atoms with Crippen LogP contribution in [0.25, 0.3) is 0 Å². The molecule has 0 unspecified atom stereocenters. The number of nitrogen functional groups attached to an aromatic ring is 1. The maximum Gasteiger partial charge on any atom is 0.433 e. The van der Waals surface area contributed by atoms with E-state index in [1.165, 1.54) is 0 Å². The third-order valence-corrected chi connectivity index (χ3v) is 3.65. The summed E-state index contributed by atoms with van der Waals surface area (Å²) in [7, 11) is 0. The summed E-state index contributed by atoms with van der Waals surface area (Å²) < 4.78 is 38.4. The van der Waals surface area contributed by atoms with Crippen LogP contribution in [0.5, 0.6) is 0 Å². The van der Waals surface area contributed by atoms with Crippen LogP contribution >= 0.6 is 0 Å². The maximum absolute atomic E-state index is 12.8. The average Bonchev–Trinajstić information content (AvgIpc) is 2.47. The molecule has 1 aliphatic carbocycles. The van der Waals surface area contributed by atoms with Crippen LogP contribution in [0.3, 0.4) is 0 Å². The molecule has 0 amide bonds. The minimum Gasteiger partial charge on any atom is -0.394 e. The Labute approximate surface area is 119 Å². The van der Waals surface area contributed by atoms with Crippen molar-refractivity contribution in [2.75, 3.05) is 17.3 Å². The summed E-state index contributed by atoms with van der Waals surface area (Å²) in [4.78, 5) is 7.17. The lowest BCUT2D eigenvalue weighted by molar-refractivity contribution is -0.141. The molecule has 1 saturated carbocycles. The van der Waals surface area contributed by atoms with E-state index in [1.807, 2.05) is 5.43 Å². The lowest BCUT2D eigenvalue weighted by Gasteiger charge is -2.37. The van der Waals surface area contributed by atoms with Gasteiger partial charge in [-0.3, -0.25) is 5.43 Å². The highest BCUT2D eigenvalue weighted by Crippen LogP contribution is 2.33. The molecule has 2 rings (SSSR count). The highest BCUT2D eigenvalue weighted by molar-refractivity contribution is 5.45. The number of rotatable bonds is 4. The number of aliphatic hydroxyl groups is 1. The van der Waals surface area contributed by atoms with Gasteiger partial charge in [-0.05, 0) is 12.8 Å². The van der Waals surface area contributed by atoms with Crippen LogP contribution in [0, 0.1) is 0 Å². The third-order valence-electron chi connectivity index (χ3n) is 3.65. The molecule has 5 N–H and O–H groups in total. The highest BCUT2D eigenvalue weighted by atomic mass is 19.4. The maximum atomic E-state index is 12.8. The molecule has 1 heterocycles. The second-order valence-electron chi connectivity index (χ2n) is 5.23. The molecule has 0 aliphatic heterocycles. The van der Waals surface area contributed by atoms with E-state index in [4.69, 9.17) is 5.84 Å². The van der Waals surface area contributed by atoms with Gasteiger partial charge in [0.1, 0.15) is 5.82 Å². The van der Waals surface area contributed by atoms with E-state index < -0.39 is 17.4 Å². The number of halogens is 3. The van der Waals surface area contributed by atoms with E-state index in [0.717, 1.165) is 25.3 Å². The van der Waals surface area contributed by atoms with Gasteiger partial charge in [0.25, 0.3) is 0 Å². The third kappa shape index (κ3) is 3.73. The molecule has 0 radical (unpaired) electrons. The zero-order valence-electron chi connectivity index (χ0n) is 11.4. The second kappa shape index (κ2) is 6.02. The van der Waals surface area contributed by atoms with Gasteiger partial charge in [-0.15, -0.1) is 0 Å². The predicted octanol–water partition coefficient (Wildman–Crippen LogP) is 1.89. The lowest BCUT2D eigenvalue weighted by atomic mass is 9.82. The number of anilines is 2. The SMILES string of the molecule is NNc1nc(NC2(CO)CCCCC2)cc(C(F)(F)F)n1. The molecule has 1 aliphatic rings. The Kier molecular flexibility index (Phi) is 4.52. The van der Waals surface area contributed by atoms with Crippen molar-refractivity contribution in [3.63, 3.8) is 0 Å². The fourth-order valence-corrected chi connectivity index (χ4v) is 2.54. The normalized spacial score (nSPS) is 18.3. The van der Waals surface area contributed by atoms with Crippen molar-refractivity contribution >= 4 is 11.8 Å². The minimum absolute atomic E-state index is 0.00113. The van der Waals surface area contributed by atoms with Crippen LogP contribution in [-0.4, -0.2) is 27.2 Å². The van der Waals surface area contributed by atoms with E-state index in [-0.39, 0.29) is 18.4 Å². The molecule has 21 heavy (non-hydrogen) atoms. The fraction of sp³-hybridized carbons (Fsp3) is 0.667. The smallest absolute Gasteiger partial charge is 0.394 e. The van der Waals surface area contributed by atoms with E-state index in [2.05, 4.69) is 15.3 Å². The standard InChI is InChI=1S/C12H18F3N5O/c13-12(14,15)8-6-9(18-10(17-8)20-16)19-11(7-21)4-2-1-3-5-11/h6,21H,1-5,7,16H2,(H2,17,18,19,20). The summed E-state index contributed by atoms with van der Waals surface area (Å²) in [6, 6.07) is 0.826. The number of nitrogens with two attached hydrogens (primary N) is 1. The summed E-state index contributed by atoms with van der Waals surface area (Å²) in [6.45, 7) is -0.163. The second-order valence-corrected chi connectivity index (χ2v) is 5.23. The first-order chi connectivity index (χ1) is 9.88. The Balaban J connectivity index is 2.30. The number of aromatic nitrogens is 2. The van der Waals surface area contributed by atoms with Gasteiger partial charge in [0.15, 0.2) is 5.69 Å². The summed E-state index contributed by atoms with van der Waals surface area (Å²) >= 11 is 0. The largest absolute Gasteiger partial charge is 0.433 e. The van der Waals surface area contributed by atoms with Crippen molar-refractivity contribution in [2.24, 2.45) is 5.84 Å². The average molecular weight is 305 g/mol. The van der Waals surface area contributed by atoms with Crippen molar-refractivity contribution in [3.05, 3.63) is 11.8 Å². The van der Waals surface area contributed by atoms with Gasteiger partial charge in [-0.25, -0.2) is 10.8 Å². The molecule has 0 atom stereocenters. The number of nitrogens with zero attached hydrogens (tertiary/aromatic N) is 2. The summed E-state index contributed by atoms with van der Waals surface area (Å²) in [5.41, 5.74) is 0.299. The minimum atomic E-state index is -4.59. The van der Waals surface area contributed by atoms with E-state index in [0.29, 0.717) is 12.8 Å². The summed E-state index contributed by atoms with van der Waals surface area (Å²) in [5.74, 6) is 4.79. The molecular weight excluding hydrogens is 287 g/mol. The zero-order chi connectivity index (χ0) is 15.5. The molecule has 9 heteroatoms. The first-order valence-electron chi connectivity index (χ1n) is 6.70. The molecule has 1 aromatic heterocycles. The van der Waals surface area contributed by atoms with Crippen molar-refractivity contribution in [2.45, 2.75) is 43.8 Å². The molecule has 0 spiro atoms. The Bertz CT molecular complexity index is 488. The van der Waals surface area contributed by atoms with Crippen molar-refractivity contribution in [1.82, 2.24) is 9.97 Å². The lowest BCUT2D eigenvalue weighted by Crippen LogP contribution is -2.44. The number of alkyl halides is 3. The molecule has 0 saturated heterocycles. The van der Waals surface area contributed by atoms with Crippen molar-refractivity contribution in [3.8, 4) is 0 Å². The van der Waals surface area contributed by atoms with Crippen molar-refractivity contribution in [1.29, 1.82) is 0 Å². The summed E-state index contributed by atoms with van der Waals surface area (Å²) in [5, 5.41) is 12.5. The molecule has 6 nitrogen and oxygen atoms in total. The highest BCUT2D eigenvalue weighted by Gasteiger charge is 2.36. The van der Waals surface area contributed by atoms with Crippen LogP contribution in [0.1, 0.15) is 37.8 Å². The molecule has 118 valence electrons. The van der Waals surface area contributed by atoms with E-state index >= 15 is 0 Å². The Morgan fingerprint density at radius 3 is 2.43 bits per heavy atom. The number of hydrogen-bond acceptors (Lipinski definition) is 6. The molecule has 1 fully saturated rings. The number of nitrogens with one attached hydrogen (secondary N) is 2. The topological polar surface area (TPSA) is 96.1 Å². The molecular formula is C12H18F3N5O. The van der Waals surface area contributed by atoms with Crippen LogP contribution in [0.15, 0.2) is 6.07 Å². The van der Waals surface area contributed by atoms with Crippen LogP contribution in [0.4, 0.5) is 24.9 Å². The molecule has 1 aromatic rings.